The van der Waals surface area contributed by atoms with E-state index in [9.17, 15) is 0 Å². The van der Waals surface area contributed by atoms with Gasteiger partial charge in [-0.3, -0.25) is 0 Å². The van der Waals surface area contributed by atoms with Crippen LogP contribution in [0.2, 0.25) is 0 Å². The molecule has 0 fully saturated rings. The standard InChI is InChI=1S/C45H40O6/c1-46-40-28-38(29-41(47-2)44(40)50-5)35(24-22-32-16-10-7-11-17-32)26-37(34-20-14-9-15-21-34)27-36(25-23-33-18-12-8-13-19-33)39-30-42(48-3)45(51-6)43(31-39)49-4/h7-21,26-31,37H,1-6H3/b35-26+,36-27+. The van der Waals surface area contributed by atoms with Gasteiger partial charge in [-0.25, -0.2) is 0 Å². The van der Waals surface area contributed by atoms with Crippen molar-refractivity contribution in [1.82, 2.24) is 0 Å². The van der Waals surface area contributed by atoms with Gasteiger partial charge in [0.05, 0.1) is 42.7 Å². The summed E-state index contributed by atoms with van der Waals surface area (Å²) in [6.45, 7) is 0. The van der Waals surface area contributed by atoms with Gasteiger partial charge in [-0.05, 0) is 65.2 Å². The molecule has 0 saturated carbocycles. The monoisotopic (exact) mass is 676 g/mol. The van der Waals surface area contributed by atoms with Gasteiger partial charge in [0, 0.05) is 28.2 Å². The lowest BCUT2D eigenvalue weighted by molar-refractivity contribution is 0.324. The van der Waals surface area contributed by atoms with Crippen LogP contribution in [0.25, 0.3) is 11.1 Å². The Hall–Kier alpha value is -6.50. The molecule has 0 spiro atoms. The smallest absolute Gasteiger partial charge is 0.203 e. The normalized spacial score (nSPS) is 11.6. The minimum atomic E-state index is -0.287. The zero-order valence-corrected chi connectivity index (χ0v) is 29.7. The van der Waals surface area contributed by atoms with Crippen LogP contribution in [0.4, 0.5) is 0 Å². The number of hydrogen-bond acceptors (Lipinski definition) is 6. The summed E-state index contributed by atoms with van der Waals surface area (Å²) in [5, 5.41) is 0. The second kappa shape index (κ2) is 17.8. The summed E-state index contributed by atoms with van der Waals surface area (Å²) in [6, 6.07) is 37.6. The Balaban J connectivity index is 1.80. The molecule has 51 heavy (non-hydrogen) atoms. The van der Waals surface area contributed by atoms with E-state index in [0.29, 0.717) is 34.5 Å². The molecule has 5 rings (SSSR count). The lowest BCUT2D eigenvalue weighted by Gasteiger charge is -2.17. The highest BCUT2D eigenvalue weighted by atomic mass is 16.5. The van der Waals surface area contributed by atoms with Gasteiger partial charge in [0.2, 0.25) is 11.5 Å². The molecule has 0 aromatic heterocycles. The molecule has 0 heterocycles. The molecule has 6 heteroatoms. The zero-order valence-electron chi connectivity index (χ0n) is 29.7. The van der Waals surface area contributed by atoms with Gasteiger partial charge in [0.15, 0.2) is 23.0 Å². The van der Waals surface area contributed by atoms with Crippen LogP contribution in [0.3, 0.4) is 0 Å². The fourth-order valence-electron chi connectivity index (χ4n) is 5.49. The average molecular weight is 677 g/mol. The van der Waals surface area contributed by atoms with E-state index in [1.165, 1.54) is 0 Å². The number of hydrogen-bond donors (Lipinski definition) is 0. The maximum Gasteiger partial charge on any atom is 0.203 e. The van der Waals surface area contributed by atoms with Crippen LogP contribution in [-0.2, 0) is 0 Å². The molecule has 0 amide bonds. The van der Waals surface area contributed by atoms with Crippen LogP contribution in [0, 0.1) is 23.7 Å². The third-order valence-electron chi connectivity index (χ3n) is 8.06. The topological polar surface area (TPSA) is 55.4 Å². The predicted octanol–water partition coefficient (Wildman–Crippen LogP) is 9.09. The second-order valence-electron chi connectivity index (χ2n) is 11.2. The summed E-state index contributed by atoms with van der Waals surface area (Å²) in [5.74, 6) is 16.4. The van der Waals surface area contributed by atoms with Crippen molar-refractivity contribution < 1.29 is 28.4 Å². The van der Waals surface area contributed by atoms with E-state index < -0.39 is 0 Å². The first-order valence-electron chi connectivity index (χ1n) is 16.2. The Labute approximate surface area is 300 Å². The fraction of sp³-hybridized carbons (Fsp3) is 0.156. The van der Waals surface area contributed by atoms with E-state index in [1.807, 2.05) is 103 Å². The molecule has 256 valence electrons. The van der Waals surface area contributed by atoms with Gasteiger partial charge < -0.3 is 28.4 Å². The van der Waals surface area contributed by atoms with E-state index in [4.69, 9.17) is 28.4 Å². The number of methoxy groups -OCH3 is 6. The van der Waals surface area contributed by atoms with E-state index in [-0.39, 0.29) is 5.92 Å². The van der Waals surface area contributed by atoms with Gasteiger partial charge in [0.25, 0.3) is 0 Å². The summed E-state index contributed by atoms with van der Waals surface area (Å²) in [5.41, 5.74) is 5.91. The molecule has 5 aromatic rings. The lowest BCUT2D eigenvalue weighted by Crippen LogP contribution is -2.00. The van der Waals surface area contributed by atoms with E-state index in [0.717, 1.165) is 39.0 Å². The molecule has 0 radical (unpaired) electrons. The van der Waals surface area contributed by atoms with E-state index in [2.05, 4.69) is 48.0 Å². The largest absolute Gasteiger partial charge is 0.493 e. The summed E-state index contributed by atoms with van der Waals surface area (Å²) in [6.07, 6.45) is 4.27. The molecule has 0 aliphatic heterocycles. The van der Waals surface area contributed by atoms with Crippen LogP contribution < -0.4 is 28.4 Å². The number of allylic oxidation sites excluding steroid dienone is 4. The van der Waals surface area contributed by atoms with Crippen molar-refractivity contribution in [2.75, 3.05) is 42.7 Å². The van der Waals surface area contributed by atoms with Crippen molar-refractivity contribution in [3.8, 4) is 58.2 Å². The van der Waals surface area contributed by atoms with Gasteiger partial charge in [0.1, 0.15) is 0 Å². The van der Waals surface area contributed by atoms with Crippen molar-refractivity contribution in [1.29, 1.82) is 0 Å². The number of benzene rings is 5. The minimum Gasteiger partial charge on any atom is -0.493 e. The Bertz CT molecular complexity index is 1930. The van der Waals surface area contributed by atoms with Crippen molar-refractivity contribution >= 4 is 11.1 Å². The summed E-state index contributed by atoms with van der Waals surface area (Å²) < 4.78 is 34.2. The van der Waals surface area contributed by atoms with Gasteiger partial charge in [-0.2, -0.15) is 0 Å². The quantitative estimate of drug-likeness (QED) is 0.130. The van der Waals surface area contributed by atoms with Gasteiger partial charge in [-0.1, -0.05) is 103 Å². The Morgan fingerprint density at radius 1 is 0.451 bits per heavy atom. The third-order valence-corrected chi connectivity index (χ3v) is 8.06. The van der Waals surface area contributed by atoms with Crippen molar-refractivity contribution in [2.45, 2.75) is 5.92 Å². The maximum atomic E-state index is 5.74. The highest BCUT2D eigenvalue weighted by Gasteiger charge is 2.19. The van der Waals surface area contributed by atoms with Crippen LogP contribution in [-0.4, -0.2) is 42.7 Å². The van der Waals surface area contributed by atoms with E-state index >= 15 is 0 Å². The molecular weight excluding hydrogens is 636 g/mol. The summed E-state index contributed by atoms with van der Waals surface area (Å²) in [4.78, 5) is 0. The molecule has 0 bridgehead atoms. The fourth-order valence-corrected chi connectivity index (χ4v) is 5.49. The minimum absolute atomic E-state index is 0.287. The van der Waals surface area contributed by atoms with Gasteiger partial charge >= 0.3 is 0 Å². The molecule has 0 saturated heterocycles. The molecule has 5 aromatic carbocycles. The molecule has 0 unspecified atom stereocenters. The van der Waals surface area contributed by atoms with Crippen molar-refractivity contribution in [3.05, 3.63) is 155 Å². The Morgan fingerprint density at radius 2 is 0.784 bits per heavy atom. The molecule has 0 aliphatic rings. The van der Waals surface area contributed by atoms with Crippen molar-refractivity contribution in [2.24, 2.45) is 0 Å². The Morgan fingerprint density at radius 3 is 1.10 bits per heavy atom. The van der Waals surface area contributed by atoms with Crippen molar-refractivity contribution in [3.63, 3.8) is 0 Å². The highest BCUT2D eigenvalue weighted by Crippen LogP contribution is 2.42. The zero-order chi connectivity index (χ0) is 36.0. The molecule has 0 N–H and O–H groups in total. The van der Waals surface area contributed by atoms with Crippen LogP contribution in [0.1, 0.15) is 33.7 Å². The van der Waals surface area contributed by atoms with Crippen LogP contribution in [0.15, 0.2) is 127 Å². The Kier molecular flexibility index (Phi) is 12.5. The molecular formula is C45H40O6. The highest BCUT2D eigenvalue weighted by molar-refractivity contribution is 5.86. The molecule has 0 atom stereocenters. The SMILES string of the molecule is COc1cc(/C(C#Cc2ccccc2)=C/C(/C=C(\C#Cc2ccccc2)c2cc(OC)c(OC)c(OC)c2)c2ccccc2)cc(OC)c1OC. The third kappa shape index (κ3) is 8.95. The molecule has 0 aliphatic carbocycles. The lowest BCUT2D eigenvalue weighted by atomic mass is 9.90. The first-order chi connectivity index (χ1) is 25.0. The first-order valence-corrected chi connectivity index (χ1v) is 16.2. The van der Waals surface area contributed by atoms with Crippen LogP contribution in [0.5, 0.6) is 34.5 Å². The molecule has 6 nitrogen and oxygen atoms in total. The summed E-state index contributed by atoms with van der Waals surface area (Å²) >= 11 is 0. The van der Waals surface area contributed by atoms with Gasteiger partial charge in [-0.15, -0.1) is 0 Å². The first kappa shape index (κ1) is 35.8. The number of ether oxygens (including phenoxy) is 6. The summed E-state index contributed by atoms with van der Waals surface area (Å²) in [7, 11) is 9.58. The predicted molar refractivity (Wildman–Crippen MR) is 204 cm³/mol. The maximum absolute atomic E-state index is 5.74. The van der Waals surface area contributed by atoms with Crippen LogP contribution >= 0.6 is 0 Å². The van der Waals surface area contributed by atoms with E-state index in [1.54, 1.807) is 42.7 Å². The number of rotatable bonds is 11. The second-order valence-corrected chi connectivity index (χ2v) is 11.2. The average Bonchev–Trinajstić information content (AvgIpc) is 3.20.